The third-order valence-electron chi connectivity index (χ3n) is 5.49. The lowest BCUT2D eigenvalue weighted by atomic mass is 9.96. The summed E-state index contributed by atoms with van der Waals surface area (Å²) in [6, 6.07) is 16.0. The zero-order chi connectivity index (χ0) is 22.3. The molecule has 0 fully saturated rings. The Morgan fingerprint density at radius 2 is 2.00 bits per heavy atom. The Labute approximate surface area is 187 Å². The third kappa shape index (κ3) is 5.54. The molecule has 2 aromatic carbocycles. The SMILES string of the molecule is CC#CC(CC(=O)O)c1ccc(OCc2cccc(CN3CCn4nncc4C3)c2)cc1. The largest absolute Gasteiger partial charge is 0.489 e. The van der Waals surface area contributed by atoms with Crippen molar-refractivity contribution >= 4 is 5.97 Å². The molecule has 0 aliphatic carbocycles. The molecular weight excluding hydrogens is 404 g/mol. The first-order chi connectivity index (χ1) is 15.6. The molecule has 1 N–H and O–H groups in total. The number of hydrogen-bond acceptors (Lipinski definition) is 5. The quantitative estimate of drug-likeness (QED) is 0.552. The Morgan fingerprint density at radius 1 is 1.19 bits per heavy atom. The molecular formula is C25H26N4O3. The number of carboxylic acid groups (broad SMARTS) is 1. The summed E-state index contributed by atoms with van der Waals surface area (Å²) >= 11 is 0. The van der Waals surface area contributed by atoms with Crippen LogP contribution < -0.4 is 4.74 Å². The van der Waals surface area contributed by atoms with Gasteiger partial charge < -0.3 is 9.84 Å². The van der Waals surface area contributed by atoms with Gasteiger partial charge in [0.05, 0.1) is 30.8 Å². The average molecular weight is 431 g/mol. The van der Waals surface area contributed by atoms with E-state index < -0.39 is 5.97 Å². The van der Waals surface area contributed by atoms with E-state index in [-0.39, 0.29) is 12.3 Å². The van der Waals surface area contributed by atoms with Crippen LogP contribution in [0.1, 0.15) is 41.6 Å². The molecule has 0 saturated carbocycles. The predicted molar refractivity (Wildman–Crippen MR) is 120 cm³/mol. The first-order valence-corrected chi connectivity index (χ1v) is 10.6. The summed E-state index contributed by atoms with van der Waals surface area (Å²) in [5.41, 5.74) is 4.39. The summed E-state index contributed by atoms with van der Waals surface area (Å²) in [7, 11) is 0. The van der Waals surface area contributed by atoms with Crippen LogP contribution in [0.3, 0.4) is 0 Å². The molecule has 1 atom stereocenters. The second-order valence-corrected chi connectivity index (χ2v) is 7.88. The predicted octanol–water partition coefficient (Wildman–Crippen LogP) is 3.45. The molecule has 164 valence electrons. The van der Waals surface area contributed by atoms with Gasteiger partial charge in [-0.05, 0) is 35.7 Å². The van der Waals surface area contributed by atoms with Gasteiger partial charge in [0, 0.05) is 19.6 Å². The minimum atomic E-state index is -0.857. The minimum Gasteiger partial charge on any atom is -0.489 e. The number of aliphatic carboxylic acids is 1. The molecule has 0 amide bonds. The molecule has 0 radical (unpaired) electrons. The lowest BCUT2D eigenvalue weighted by molar-refractivity contribution is -0.137. The average Bonchev–Trinajstić information content (AvgIpc) is 3.26. The lowest BCUT2D eigenvalue weighted by Crippen LogP contribution is -2.33. The third-order valence-corrected chi connectivity index (χ3v) is 5.49. The fourth-order valence-corrected chi connectivity index (χ4v) is 3.91. The molecule has 32 heavy (non-hydrogen) atoms. The Kier molecular flexibility index (Phi) is 6.83. The van der Waals surface area contributed by atoms with Crippen molar-refractivity contribution < 1.29 is 14.6 Å². The summed E-state index contributed by atoms with van der Waals surface area (Å²) in [5.74, 6) is 5.36. The molecule has 1 aromatic heterocycles. The van der Waals surface area contributed by atoms with Crippen molar-refractivity contribution in [2.24, 2.45) is 0 Å². The second kappa shape index (κ2) is 10.1. The number of carbonyl (C=O) groups is 1. The summed E-state index contributed by atoms with van der Waals surface area (Å²) in [4.78, 5) is 13.5. The Bertz CT molecular complexity index is 1130. The first-order valence-electron chi connectivity index (χ1n) is 10.6. The molecule has 4 rings (SSSR count). The van der Waals surface area contributed by atoms with Crippen molar-refractivity contribution in [1.82, 2.24) is 19.9 Å². The molecule has 1 aliphatic rings. The highest BCUT2D eigenvalue weighted by atomic mass is 16.5. The highest BCUT2D eigenvalue weighted by molar-refractivity contribution is 5.69. The highest BCUT2D eigenvalue weighted by Crippen LogP contribution is 2.23. The Morgan fingerprint density at radius 3 is 2.78 bits per heavy atom. The molecule has 3 aromatic rings. The van der Waals surface area contributed by atoms with Crippen LogP contribution >= 0.6 is 0 Å². The monoisotopic (exact) mass is 430 g/mol. The zero-order valence-corrected chi connectivity index (χ0v) is 18.1. The highest BCUT2D eigenvalue weighted by Gasteiger charge is 2.17. The van der Waals surface area contributed by atoms with Gasteiger partial charge in [0.15, 0.2) is 0 Å². The van der Waals surface area contributed by atoms with Crippen molar-refractivity contribution in [1.29, 1.82) is 0 Å². The van der Waals surface area contributed by atoms with Crippen molar-refractivity contribution in [3.63, 3.8) is 0 Å². The van der Waals surface area contributed by atoms with Crippen molar-refractivity contribution in [3.8, 4) is 17.6 Å². The summed E-state index contributed by atoms with van der Waals surface area (Å²) in [5, 5.41) is 17.2. The van der Waals surface area contributed by atoms with E-state index in [1.54, 1.807) is 6.92 Å². The van der Waals surface area contributed by atoms with Gasteiger partial charge in [-0.15, -0.1) is 11.0 Å². The van der Waals surface area contributed by atoms with Gasteiger partial charge in [0.25, 0.3) is 0 Å². The van der Waals surface area contributed by atoms with Crippen molar-refractivity contribution in [2.45, 2.75) is 45.5 Å². The smallest absolute Gasteiger partial charge is 0.304 e. The summed E-state index contributed by atoms with van der Waals surface area (Å²) in [6.07, 6.45) is 1.82. The van der Waals surface area contributed by atoms with E-state index in [4.69, 9.17) is 9.84 Å². The van der Waals surface area contributed by atoms with Crippen LogP contribution in [0, 0.1) is 11.8 Å². The van der Waals surface area contributed by atoms with E-state index in [0.29, 0.717) is 6.61 Å². The zero-order valence-electron chi connectivity index (χ0n) is 18.1. The van der Waals surface area contributed by atoms with Gasteiger partial charge in [-0.1, -0.05) is 47.5 Å². The lowest BCUT2D eigenvalue weighted by Gasteiger charge is -2.27. The molecule has 0 saturated heterocycles. The molecule has 2 heterocycles. The normalized spacial score (nSPS) is 14.2. The Balaban J connectivity index is 1.34. The number of hydrogen-bond donors (Lipinski definition) is 1. The van der Waals surface area contributed by atoms with Crippen LogP contribution in [0.25, 0.3) is 0 Å². The van der Waals surface area contributed by atoms with Crippen molar-refractivity contribution in [2.75, 3.05) is 6.54 Å². The second-order valence-electron chi connectivity index (χ2n) is 7.88. The molecule has 1 aliphatic heterocycles. The number of aromatic nitrogens is 3. The topological polar surface area (TPSA) is 80.5 Å². The van der Waals surface area contributed by atoms with Gasteiger partial charge in [-0.25, -0.2) is 4.68 Å². The number of ether oxygens (including phenoxy) is 1. The maximum Gasteiger partial charge on any atom is 0.304 e. The number of rotatable bonds is 8. The standard InChI is InChI=1S/C25H26N4O3/c1-2-4-22(14-25(30)31)21-7-9-24(10-8-21)32-18-20-6-3-5-19(13-20)16-28-11-12-29-23(17-28)15-26-27-29/h3,5-10,13,15,22H,11-12,14,16-18H2,1H3,(H,30,31). The van der Waals surface area contributed by atoms with Crippen LogP contribution in [-0.2, 0) is 31.0 Å². The van der Waals surface area contributed by atoms with E-state index in [9.17, 15) is 4.79 Å². The van der Waals surface area contributed by atoms with Gasteiger partial charge in [-0.3, -0.25) is 9.69 Å². The molecule has 0 bridgehead atoms. The van der Waals surface area contributed by atoms with E-state index in [2.05, 4.69) is 51.3 Å². The van der Waals surface area contributed by atoms with E-state index in [1.165, 1.54) is 5.56 Å². The fraction of sp³-hybridized carbons (Fsp3) is 0.320. The van der Waals surface area contributed by atoms with E-state index >= 15 is 0 Å². The minimum absolute atomic E-state index is 0.0102. The molecule has 0 spiro atoms. The number of benzene rings is 2. The van der Waals surface area contributed by atoms with Crippen LogP contribution in [0.2, 0.25) is 0 Å². The Hall–Kier alpha value is -3.63. The maximum atomic E-state index is 11.1. The van der Waals surface area contributed by atoms with Crippen LogP contribution in [-0.4, -0.2) is 37.5 Å². The number of nitrogens with zero attached hydrogens (tertiary/aromatic N) is 4. The van der Waals surface area contributed by atoms with Crippen molar-refractivity contribution in [3.05, 3.63) is 77.1 Å². The number of fused-ring (bicyclic) bond motifs is 1. The fourth-order valence-electron chi connectivity index (χ4n) is 3.91. The van der Waals surface area contributed by atoms with E-state index in [0.717, 1.165) is 48.7 Å². The van der Waals surface area contributed by atoms with Crippen LogP contribution in [0.5, 0.6) is 5.75 Å². The molecule has 1 unspecified atom stereocenters. The summed E-state index contributed by atoms with van der Waals surface area (Å²) < 4.78 is 7.93. The van der Waals surface area contributed by atoms with Gasteiger partial charge in [0.2, 0.25) is 0 Å². The maximum absolute atomic E-state index is 11.1. The number of carboxylic acids is 1. The van der Waals surface area contributed by atoms with Gasteiger partial charge in [-0.2, -0.15) is 0 Å². The van der Waals surface area contributed by atoms with E-state index in [1.807, 2.05) is 35.1 Å². The molecule has 7 nitrogen and oxygen atoms in total. The van der Waals surface area contributed by atoms with Crippen LogP contribution in [0.4, 0.5) is 0 Å². The van der Waals surface area contributed by atoms with Gasteiger partial charge in [0.1, 0.15) is 12.4 Å². The summed E-state index contributed by atoms with van der Waals surface area (Å²) in [6.45, 7) is 5.73. The molecule has 7 heteroatoms. The van der Waals surface area contributed by atoms with Gasteiger partial charge >= 0.3 is 5.97 Å². The van der Waals surface area contributed by atoms with Crippen LogP contribution in [0.15, 0.2) is 54.7 Å². The first kappa shape index (κ1) is 21.6.